The van der Waals surface area contributed by atoms with E-state index in [2.05, 4.69) is 17.0 Å². The Morgan fingerprint density at radius 3 is 2.89 bits per heavy atom. The minimum Gasteiger partial charge on any atom is -0.497 e. The normalized spacial score (nSPS) is 31.9. The summed E-state index contributed by atoms with van der Waals surface area (Å²) < 4.78 is 5.51. The second-order valence-electron chi connectivity index (χ2n) is 9.16. The van der Waals surface area contributed by atoms with Crippen LogP contribution in [0.2, 0.25) is 0 Å². The van der Waals surface area contributed by atoms with Gasteiger partial charge in [-0.25, -0.2) is 0 Å². The van der Waals surface area contributed by atoms with Gasteiger partial charge in [0.2, 0.25) is 11.8 Å². The van der Waals surface area contributed by atoms with Crippen molar-refractivity contribution in [3.63, 3.8) is 0 Å². The molecule has 2 N–H and O–H groups in total. The summed E-state index contributed by atoms with van der Waals surface area (Å²) in [6.45, 7) is 2.89. The molecule has 1 aromatic rings. The van der Waals surface area contributed by atoms with Crippen LogP contribution in [-0.2, 0) is 21.4 Å². The lowest BCUT2D eigenvalue weighted by atomic mass is 9.54. The molecule has 2 bridgehead atoms. The molecule has 2 aliphatic carbocycles. The second-order valence-corrected chi connectivity index (χ2v) is 9.16. The van der Waals surface area contributed by atoms with E-state index in [1.807, 2.05) is 6.07 Å². The molecule has 1 aromatic carbocycles. The van der Waals surface area contributed by atoms with Gasteiger partial charge in [-0.3, -0.25) is 14.5 Å². The highest BCUT2D eigenvalue weighted by Crippen LogP contribution is 2.54. The van der Waals surface area contributed by atoms with Gasteiger partial charge in [0.05, 0.1) is 13.7 Å². The molecule has 4 aliphatic rings. The largest absolute Gasteiger partial charge is 0.497 e. The monoisotopic (exact) mass is 383 g/mol. The first-order valence-corrected chi connectivity index (χ1v) is 10.5. The summed E-state index contributed by atoms with van der Waals surface area (Å²) in [6.07, 6.45) is 5.17. The number of hydrogen-bond acceptors (Lipinski definition) is 4. The topological polar surface area (TPSA) is 75.9 Å². The molecule has 28 heavy (non-hydrogen) atoms. The van der Waals surface area contributed by atoms with Crippen LogP contribution in [0.3, 0.4) is 0 Å². The summed E-state index contributed by atoms with van der Waals surface area (Å²) in [5.41, 5.74) is 7.94. The van der Waals surface area contributed by atoms with E-state index in [-0.39, 0.29) is 17.9 Å². The zero-order valence-electron chi connectivity index (χ0n) is 16.5. The molecule has 3 fully saturated rings. The Kier molecular flexibility index (Phi) is 4.16. The molecule has 2 aliphatic heterocycles. The number of hydrogen-bond donors (Lipinski definition) is 1. The number of carbonyl (C=O) groups excluding carboxylic acids is 2. The summed E-state index contributed by atoms with van der Waals surface area (Å²) in [6, 6.07) is 6.83. The van der Waals surface area contributed by atoms with Crippen LogP contribution in [0, 0.1) is 11.8 Å². The molecule has 2 heterocycles. The summed E-state index contributed by atoms with van der Waals surface area (Å²) in [5.74, 6) is 1.67. The lowest BCUT2D eigenvalue weighted by Crippen LogP contribution is -2.67. The van der Waals surface area contributed by atoms with Gasteiger partial charge in [0.15, 0.2) is 0 Å². The maximum Gasteiger partial charge on any atom is 0.237 e. The number of fused-ring (bicyclic) bond motifs is 1. The van der Waals surface area contributed by atoms with Crippen LogP contribution in [0.1, 0.15) is 36.8 Å². The Labute approximate surface area is 166 Å². The highest BCUT2D eigenvalue weighted by Gasteiger charge is 2.57. The third kappa shape index (κ3) is 2.81. The molecule has 150 valence electrons. The number of piperidine rings is 2. The number of likely N-dealkylation sites (tertiary alicyclic amines) is 2. The van der Waals surface area contributed by atoms with Crippen molar-refractivity contribution in [1.82, 2.24) is 9.80 Å². The van der Waals surface area contributed by atoms with Gasteiger partial charge in [0.25, 0.3) is 0 Å². The quantitative estimate of drug-likeness (QED) is 0.832. The summed E-state index contributed by atoms with van der Waals surface area (Å²) in [5, 5.41) is 0. The van der Waals surface area contributed by atoms with Gasteiger partial charge in [-0.2, -0.15) is 0 Å². The number of benzene rings is 1. The molecule has 6 heteroatoms. The first-order chi connectivity index (χ1) is 13.5. The predicted octanol–water partition coefficient (Wildman–Crippen LogP) is 1.31. The van der Waals surface area contributed by atoms with Crippen molar-refractivity contribution in [2.45, 2.75) is 43.6 Å². The number of amides is 2. The van der Waals surface area contributed by atoms with Gasteiger partial charge in [-0.05, 0) is 61.4 Å². The zero-order chi connectivity index (χ0) is 19.5. The third-order valence-electron chi connectivity index (χ3n) is 7.54. The predicted molar refractivity (Wildman–Crippen MR) is 105 cm³/mol. The van der Waals surface area contributed by atoms with Crippen LogP contribution in [0.15, 0.2) is 18.2 Å². The van der Waals surface area contributed by atoms with Gasteiger partial charge in [0.1, 0.15) is 5.75 Å². The van der Waals surface area contributed by atoms with Gasteiger partial charge in [-0.1, -0.05) is 6.07 Å². The first-order valence-electron chi connectivity index (χ1n) is 10.5. The molecule has 6 nitrogen and oxygen atoms in total. The number of carbonyl (C=O) groups is 2. The van der Waals surface area contributed by atoms with Gasteiger partial charge in [-0.15, -0.1) is 0 Å². The molecule has 2 saturated heterocycles. The highest BCUT2D eigenvalue weighted by molar-refractivity contribution is 5.85. The summed E-state index contributed by atoms with van der Waals surface area (Å²) in [7, 11) is 1.70. The number of nitrogens with zero attached hydrogens (tertiary/aromatic N) is 2. The lowest BCUT2D eigenvalue weighted by molar-refractivity contribution is -0.147. The first kappa shape index (κ1) is 18.0. The van der Waals surface area contributed by atoms with Crippen molar-refractivity contribution in [3.05, 3.63) is 29.3 Å². The van der Waals surface area contributed by atoms with E-state index < -0.39 is 5.91 Å². The molecular weight excluding hydrogens is 354 g/mol. The van der Waals surface area contributed by atoms with Crippen molar-refractivity contribution in [1.29, 1.82) is 0 Å². The Morgan fingerprint density at radius 1 is 1.36 bits per heavy atom. The third-order valence-corrected chi connectivity index (χ3v) is 7.54. The molecule has 3 atom stereocenters. The standard InChI is InChI=1S/C22H29N3O3/c1-28-16-5-4-15-8-19-18-12-25(13-20(23)26)21(27)10-22(18,17(15)9-16)6-7-24(19)11-14-2-3-14/h4-5,9,14,18-19H,2-3,6-8,10-13H2,1H3,(H2,23,26)/t18-,19+,22+/m0/s1. The Hall–Kier alpha value is -2.08. The average molecular weight is 383 g/mol. The lowest BCUT2D eigenvalue weighted by Gasteiger charge is -2.60. The molecular formula is C22H29N3O3. The minimum atomic E-state index is -0.429. The Morgan fingerprint density at radius 2 is 2.18 bits per heavy atom. The fourth-order valence-electron chi connectivity index (χ4n) is 6.00. The molecule has 5 rings (SSSR count). The SMILES string of the molecule is COc1ccc2c(c1)[C@]13CCN(CC4CC4)[C@H](C2)[C@@H]1CN(CC(N)=O)C(=O)C3. The van der Waals surface area contributed by atoms with Crippen molar-refractivity contribution in [2.24, 2.45) is 17.6 Å². The molecule has 0 aromatic heterocycles. The van der Waals surface area contributed by atoms with E-state index in [1.165, 1.54) is 30.5 Å². The number of nitrogens with two attached hydrogens (primary N) is 1. The zero-order valence-corrected chi connectivity index (χ0v) is 16.5. The van der Waals surface area contributed by atoms with Crippen molar-refractivity contribution in [2.75, 3.05) is 33.3 Å². The summed E-state index contributed by atoms with van der Waals surface area (Å²) in [4.78, 5) is 28.9. The molecule has 1 saturated carbocycles. The fraction of sp³-hybridized carbons (Fsp3) is 0.636. The summed E-state index contributed by atoms with van der Waals surface area (Å²) >= 11 is 0. The van der Waals surface area contributed by atoms with Crippen LogP contribution in [0.5, 0.6) is 5.75 Å². The van der Waals surface area contributed by atoms with Gasteiger partial charge >= 0.3 is 0 Å². The Bertz CT molecular complexity index is 821. The van der Waals surface area contributed by atoms with E-state index in [9.17, 15) is 9.59 Å². The van der Waals surface area contributed by atoms with Crippen LogP contribution in [0.25, 0.3) is 0 Å². The second kappa shape index (κ2) is 6.48. The molecule has 2 amide bonds. The molecule has 0 spiro atoms. The highest BCUT2D eigenvalue weighted by atomic mass is 16.5. The van der Waals surface area contributed by atoms with E-state index in [0.29, 0.717) is 24.9 Å². The van der Waals surface area contributed by atoms with E-state index in [0.717, 1.165) is 31.1 Å². The van der Waals surface area contributed by atoms with E-state index >= 15 is 0 Å². The van der Waals surface area contributed by atoms with Crippen LogP contribution >= 0.6 is 0 Å². The van der Waals surface area contributed by atoms with E-state index in [4.69, 9.17) is 10.5 Å². The van der Waals surface area contributed by atoms with Gasteiger partial charge < -0.3 is 15.4 Å². The number of methoxy groups -OCH3 is 1. The minimum absolute atomic E-state index is 0.0335. The van der Waals surface area contributed by atoms with Gasteiger partial charge in [0, 0.05) is 36.9 Å². The number of ether oxygens (including phenoxy) is 1. The van der Waals surface area contributed by atoms with E-state index in [1.54, 1.807) is 12.0 Å². The Balaban J connectivity index is 1.56. The average Bonchev–Trinajstić information content (AvgIpc) is 3.48. The number of rotatable bonds is 5. The number of primary amides is 1. The molecule has 0 radical (unpaired) electrons. The molecule has 0 unspecified atom stereocenters. The van der Waals surface area contributed by atoms with Crippen LogP contribution in [0.4, 0.5) is 0 Å². The van der Waals surface area contributed by atoms with Crippen LogP contribution in [-0.4, -0.2) is 60.9 Å². The van der Waals surface area contributed by atoms with Crippen molar-refractivity contribution < 1.29 is 14.3 Å². The van der Waals surface area contributed by atoms with Crippen molar-refractivity contribution >= 4 is 11.8 Å². The van der Waals surface area contributed by atoms with Crippen molar-refractivity contribution in [3.8, 4) is 5.75 Å². The fourth-order valence-corrected chi connectivity index (χ4v) is 6.00. The van der Waals surface area contributed by atoms with Crippen LogP contribution < -0.4 is 10.5 Å². The maximum absolute atomic E-state index is 13.0. The maximum atomic E-state index is 13.0. The smallest absolute Gasteiger partial charge is 0.237 e.